The molecule has 0 aliphatic carbocycles. The van der Waals surface area contributed by atoms with Crippen molar-refractivity contribution in [2.24, 2.45) is 0 Å². The molecule has 1 aromatic heterocycles. The maximum atomic E-state index is 5.79. The van der Waals surface area contributed by atoms with Crippen molar-refractivity contribution in [3.05, 3.63) is 23.9 Å². The zero-order chi connectivity index (χ0) is 10.7. The van der Waals surface area contributed by atoms with Gasteiger partial charge < -0.3 is 4.90 Å². The quantitative estimate of drug-likeness (QED) is 0.742. The Morgan fingerprint density at radius 2 is 2.47 bits per heavy atom. The number of rotatable bonds is 2. The number of aromatic nitrogens is 1. The highest BCUT2D eigenvalue weighted by molar-refractivity contribution is 7.99. The Labute approximate surface area is 100 Å². The molecular formula is C11H15ClN2S. The molecule has 1 unspecified atom stereocenters. The second kappa shape index (κ2) is 5.08. The molecule has 1 aliphatic rings. The third-order valence-electron chi connectivity index (χ3n) is 2.59. The van der Waals surface area contributed by atoms with E-state index in [1.54, 1.807) is 0 Å². The maximum Gasteiger partial charge on any atom is 0.129 e. The Morgan fingerprint density at radius 3 is 3.20 bits per heavy atom. The van der Waals surface area contributed by atoms with Crippen molar-refractivity contribution in [2.45, 2.75) is 18.8 Å². The lowest BCUT2D eigenvalue weighted by Gasteiger charge is -2.34. The largest absolute Gasteiger partial charge is 0.352 e. The Kier molecular flexibility index (Phi) is 3.76. The van der Waals surface area contributed by atoms with Gasteiger partial charge in [0.25, 0.3) is 0 Å². The fraction of sp³-hybridized carbons (Fsp3) is 0.545. The number of anilines is 1. The van der Waals surface area contributed by atoms with Gasteiger partial charge >= 0.3 is 0 Å². The van der Waals surface area contributed by atoms with Gasteiger partial charge in [-0.1, -0.05) is 6.07 Å². The van der Waals surface area contributed by atoms with Crippen molar-refractivity contribution in [1.29, 1.82) is 0 Å². The Bertz CT molecular complexity index is 332. The average Bonchev–Trinajstić information content (AvgIpc) is 2.30. The molecular weight excluding hydrogens is 228 g/mol. The van der Waals surface area contributed by atoms with Crippen LogP contribution in [0.5, 0.6) is 0 Å². The first-order valence-electron chi connectivity index (χ1n) is 5.17. The van der Waals surface area contributed by atoms with Gasteiger partial charge in [-0.2, -0.15) is 11.8 Å². The summed E-state index contributed by atoms with van der Waals surface area (Å²) in [5, 5.41) is 0. The van der Waals surface area contributed by atoms with Gasteiger partial charge in [0, 0.05) is 24.1 Å². The highest BCUT2D eigenvalue weighted by Gasteiger charge is 2.19. The molecule has 0 aromatic carbocycles. The van der Waals surface area contributed by atoms with Crippen LogP contribution in [-0.4, -0.2) is 29.1 Å². The molecule has 1 aliphatic heterocycles. The molecule has 2 heterocycles. The summed E-state index contributed by atoms with van der Waals surface area (Å²) in [5.41, 5.74) is 0.958. The molecule has 15 heavy (non-hydrogen) atoms. The number of alkyl halides is 1. The van der Waals surface area contributed by atoms with Crippen LogP contribution in [0.25, 0.3) is 0 Å². The fourth-order valence-electron chi connectivity index (χ4n) is 1.77. The third kappa shape index (κ3) is 2.58. The van der Waals surface area contributed by atoms with Crippen LogP contribution in [0.15, 0.2) is 18.2 Å². The predicted molar refractivity (Wildman–Crippen MR) is 67.9 cm³/mol. The molecule has 0 N–H and O–H groups in total. The normalized spacial score (nSPS) is 21.7. The first kappa shape index (κ1) is 11.1. The van der Waals surface area contributed by atoms with Crippen LogP contribution in [0.2, 0.25) is 0 Å². The highest BCUT2D eigenvalue weighted by atomic mass is 35.5. The summed E-state index contributed by atoms with van der Waals surface area (Å²) in [6.07, 6.45) is 0. The number of hydrogen-bond donors (Lipinski definition) is 0. The highest BCUT2D eigenvalue weighted by Crippen LogP contribution is 2.22. The molecule has 0 bridgehead atoms. The summed E-state index contributed by atoms with van der Waals surface area (Å²) in [7, 11) is 0. The van der Waals surface area contributed by atoms with Crippen LogP contribution in [-0.2, 0) is 5.88 Å². The van der Waals surface area contributed by atoms with E-state index in [1.807, 2.05) is 23.9 Å². The molecule has 1 fully saturated rings. The van der Waals surface area contributed by atoms with E-state index in [2.05, 4.69) is 22.9 Å². The monoisotopic (exact) mass is 242 g/mol. The van der Waals surface area contributed by atoms with Crippen molar-refractivity contribution >= 4 is 29.2 Å². The van der Waals surface area contributed by atoms with Crippen molar-refractivity contribution < 1.29 is 0 Å². The second-order valence-electron chi connectivity index (χ2n) is 3.74. The molecule has 0 amide bonds. The van der Waals surface area contributed by atoms with Gasteiger partial charge in [0.05, 0.1) is 11.6 Å². The van der Waals surface area contributed by atoms with Gasteiger partial charge in [-0.05, 0) is 19.1 Å². The molecule has 1 aromatic rings. The van der Waals surface area contributed by atoms with Gasteiger partial charge in [-0.15, -0.1) is 11.6 Å². The molecule has 0 spiro atoms. The summed E-state index contributed by atoms with van der Waals surface area (Å²) in [5.74, 6) is 3.94. The summed E-state index contributed by atoms with van der Waals surface area (Å²) >= 11 is 7.80. The number of hydrogen-bond acceptors (Lipinski definition) is 3. The number of halogens is 1. The summed E-state index contributed by atoms with van der Waals surface area (Å²) in [4.78, 5) is 6.92. The second-order valence-corrected chi connectivity index (χ2v) is 5.16. The number of pyridine rings is 1. The van der Waals surface area contributed by atoms with Crippen molar-refractivity contribution in [1.82, 2.24) is 4.98 Å². The first-order chi connectivity index (χ1) is 7.31. The lowest BCUT2D eigenvalue weighted by molar-refractivity contribution is 0.688. The molecule has 82 valence electrons. The molecule has 2 nitrogen and oxygen atoms in total. The summed E-state index contributed by atoms with van der Waals surface area (Å²) in [6, 6.07) is 6.65. The van der Waals surface area contributed by atoms with E-state index in [9.17, 15) is 0 Å². The van der Waals surface area contributed by atoms with Gasteiger partial charge in [-0.25, -0.2) is 4.98 Å². The van der Waals surface area contributed by atoms with Gasteiger partial charge in [-0.3, -0.25) is 0 Å². The Balaban J connectivity index is 2.19. The van der Waals surface area contributed by atoms with Crippen molar-refractivity contribution in [3.63, 3.8) is 0 Å². The van der Waals surface area contributed by atoms with Crippen LogP contribution < -0.4 is 4.90 Å². The molecule has 4 heteroatoms. The van der Waals surface area contributed by atoms with Crippen LogP contribution >= 0.6 is 23.4 Å². The fourth-order valence-corrected chi connectivity index (χ4v) is 2.93. The lowest BCUT2D eigenvalue weighted by Crippen LogP contribution is -2.40. The van der Waals surface area contributed by atoms with Gasteiger partial charge in [0.15, 0.2) is 0 Å². The minimum absolute atomic E-state index is 0.491. The molecule has 1 atom stereocenters. The van der Waals surface area contributed by atoms with E-state index in [1.165, 1.54) is 11.5 Å². The van der Waals surface area contributed by atoms with E-state index >= 15 is 0 Å². The number of thioether (sulfide) groups is 1. The number of nitrogens with zero attached hydrogens (tertiary/aromatic N) is 2. The van der Waals surface area contributed by atoms with Crippen molar-refractivity contribution in [2.75, 3.05) is 23.0 Å². The minimum atomic E-state index is 0.491. The standard InChI is InChI=1S/C11H15ClN2S/c1-9-8-15-6-5-14(9)11-4-2-3-10(7-12)13-11/h2-4,9H,5-8H2,1H3. The van der Waals surface area contributed by atoms with E-state index in [-0.39, 0.29) is 0 Å². The van der Waals surface area contributed by atoms with Crippen LogP contribution in [0, 0.1) is 0 Å². The average molecular weight is 243 g/mol. The smallest absolute Gasteiger partial charge is 0.129 e. The molecule has 1 saturated heterocycles. The zero-order valence-electron chi connectivity index (χ0n) is 8.82. The molecule has 0 radical (unpaired) electrons. The molecule has 2 rings (SSSR count). The first-order valence-corrected chi connectivity index (χ1v) is 6.86. The van der Waals surface area contributed by atoms with Crippen LogP contribution in [0.3, 0.4) is 0 Å². The summed E-state index contributed by atoms with van der Waals surface area (Å²) < 4.78 is 0. The maximum absolute atomic E-state index is 5.79. The SMILES string of the molecule is CC1CSCCN1c1cccc(CCl)n1. The Hall–Kier alpha value is -0.410. The summed E-state index contributed by atoms with van der Waals surface area (Å²) in [6.45, 7) is 3.34. The van der Waals surface area contributed by atoms with E-state index < -0.39 is 0 Å². The topological polar surface area (TPSA) is 16.1 Å². The molecule has 0 saturated carbocycles. The van der Waals surface area contributed by atoms with E-state index in [4.69, 9.17) is 11.6 Å². The van der Waals surface area contributed by atoms with Crippen LogP contribution in [0.1, 0.15) is 12.6 Å². The van der Waals surface area contributed by atoms with Crippen LogP contribution in [0.4, 0.5) is 5.82 Å². The van der Waals surface area contributed by atoms with E-state index in [0.717, 1.165) is 18.1 Å². The van der Waals surface area contributed by atoms with Crippen molar-refractivity contribution in [3.8, 4) is 0 Å². The van der Waals surface area contributed by atoms with Gasteiger partial charge in [0.1, 0.15) is 5.82 Å². The zero-order valence-corrected chi connectivity index (χ0v) is 10.4. The minimum Gasteiger partial charge on any atom is -0.352 e. The predicted octanol–water partition coefficient (Wildman–Crippen LogP) is 2.76. The lowest BCUT2D eigenvalue weighted by atomic mass is 10.3. The third-order valence-corrected chi connectivity index (χ3v) is 4.05. The van der Waals surface area contributed by atoms with E-state index in [0.29, 0.717) is 11.9 Å². The van der Waals surface area contributed by atoms with Gasteiger partial charge in [0.2, 0.25) is 0 Å². The Morgan fingerprint density at radius 1 is 1.60 bits per heavy atom.